The number of carbonyl (C=O) groups is 2. The van der Waals surface area contributed by atoms with Gasteiger partial charge in [-0.2, -0.15) is 0 Å². The largest absolute Gasteiger partial charge is 0.483 e. The van der Waals surface area contributed by atoms with Crippen molar-refractivity contribution < 1.29 is 19.4 Å². The number of carbonyl (C=O) groups excluding carboxylic acids is 1. The van der Waals surface area contributed by atoms with Crippen LogP contribution in [0, 0.1) is 5.92 Å². The highest BCUT2D eigenvalue weighted by molar-refractivity contribution is 5.78. The lowest BCUT2D eigenvalue weighted by Crippen LogP contribution is -2.36. The Balaban J connectivity index is 1.85. The van der Waals surface area contributed by atoms with Crippen molar-refractivity contribution in [3.05, 3.63) is 29.8 Å². The van der Waals surface area contributed by atoms with Crippen molar-refractivity contribution in [1.82, 2.24) is 5.32 Å². The third kappa shape index (κ3) is 4.71. The summed E-state index contributed by atoms with van der Waals surface area (Å²) >= 11 is 0. The lowest BCUT2D eigenvalue weighted by atomic mass is 9.98. The molecule has 0 aliphatic heterocycles. The minimum absolute atomic E-state index is 0.0400. The second kappa shape index (κ2) is 7.99. The Bertz CT molecular complexity index is 558. The summed E-state index contributed by atoms with van der Waals surface area (Å²) in [6.07, 6.45) is 2.85. The summed E-state index contributed by atoms with van der Waals surface area (Å²) < 4.78 is 5.68. The monoisotopic (exact) mass is 319 g/mol. The maximum atomic E-state index is 12.0. The fourth-order valence-electron chi connectivity index (χ4n) is 2.99. The van der Waals surface area contributed by atoms with Gasteiger partial charge < -0.3 is 15.2 Å². The Morgan fingerprint density at radius 1 is 1.35 bits per heavy atom. The number of amides is 1. The Morgan fingerprint density at radius 3 is 2.74 bits per heavy atom. The van der Waals surface area contributed by atoms with Crippen LogP contribution in [-0.4, -0.2) is 29.6 Å². The molecule has 3 atom stereocenters. The second-order valence-corrected chi connectivity index (χ2v) is 6.25. The predicted octanol–water partition coefficient (Wildman–Crippen LogP) is 2.95. The van der Waals surface area contributed by atoms with Crippen LogP contribution in [0.25, 0.3) is 0 Å². The van der Waals surface area contributed by atoms with Gasteiger partial charge in [0, 0.05) is 6.04 Å². The van der Waals surface area contributed by atoms with E-state index in [9.17, 15) is 9.59 Å². The zero-order chi connectivity index (χ0) is 16.8. The van der Waals surface area contributed by atoms with E-state index in [4.69, 9.17) is 9.84 Å². The molecule has 1 saturated carbocycles. The van der Waals surface area contributed by atoms with E-state index in [-0.39, 0.29) is 24.5 Å². The molecule has 0 radical (unpaired) electrons. The molecule has 126 valence electrons. The second-order valence-electron chi connectivity index (χ2n) is 6.25. The number of carboxylic acid groups (broad SMARTS) is 1. The maximum Gasteiger partial charge on any atom is 0.306 e. The summed E-state index contributed by atoms with van der Waals surface area (Å²) in [5.74, 6) is -0.194. The third-order valence-electron chi connectivity index (χ3n) is 4.57. The van der Waals surface area contributed by atoms with E-state index < -0.39 is 5.97 Å². The van der Waals surface area contributed by atoms with Gasteiger partial charge >= 0.3 is 5.97 Å². The van der Waals surface area contributed by atoms with Crippen molar-refractivity contribution >= 4 is 11.9 Å². The zero-order valence-corrected chi connectivity index (χ0v) is 13.7. The fraction of sp³-hybridized carbons (Fsp3) is 0.556. The van der Waals surface area contributed by atoms with Crippen LogP contribution in [0.2, 0.25) is 0 Å². The molecule has 5 heteroatoms. The van der Waals surface area contributed by atoms with Crippen LogP contribution in [0.4, 0.5) is 0 Å². The van der Waals surface area contributed by atoms with Gasteiger partial charge in [-0.25, -0.2) is 0 Å². The quantitative estimate of drug-likeness (QED) is 0.810. The number of nitrogens with one attached hydrogen (secondary N) is 1. The molecule has 5 nitrogen and oxygen atoms in total. The SMILES string of the molecule is CCC(C)c1ccccc1OCC(=O)N[C@H]1CC[C@@H](C(=O)O)C1. The van der Waals surface area contributed by atoms with Crippen LogP contribution in [0.3, 0.4) is 0 Å². The molecule has 0 heterocycles. The minimum Gasteiger partial charge on any atom is -0.483 e. The van der Waals surface area contributed by atoms with Gasteiger partial charge in [0.05, 0.1) is 5.92 Å². The number of rotatable bonds is 7. The van der Waals surface area contributed by atoms with Crippen molar-refractivity contribution in [1.29, 1.82) is 0 Å². The fourth-order valence-corrected chi connectivity index (χ4v) is 2.99. The van der Waals surface area contributed by atoms with E-state index >= 15 is 0 Å². The normalized spacial score (nSPS) is 21.7. The number of hydrogen-bond acceptors (Lipinski definition) is 3. The molecule has 0 spiro atoms. The van der Waals surface area contributed by atoms with Crippen molar-refractivity contribution in [3.8, 4) is 5.75 Å². The first kappa shape index (κ1) is 17.3. The first-order chi connectivity index (χ1) is 11.0. The summed E-state index contributed by atoms with van der Waals surface area (Å²) in [5.41, 5.74) is 1.11. The van der Waals surface area contributed by atoms with Gasteiger partial charge in [0.1, 0.15) is 5.75 Å². The van der Waals surface area contributed by atoms with E-state index in [2.05, 4.69) is 19.2 Å². The number of aliphatic carboxylic acids is 1. The molecule has 0 bridgehead atoms. The third-order valence-corrected chi connectivity index (χ3v) is 4.57. The van der Waals surface area contributed by atoms with Crippen molar-refractivity contribution in [3.63, 3.8) is 0 Å². The van der Waals surface area contributed by atoms with Crippen LogP contribution >= 0.6 is 0 Å². The highest BCUT2D eigenvalue weighted by Crippen LogP contribution is 2.28. The van der Waals surface area contributed by atoms with E-state index in [1.807, 2.05) is 24.3 Å². The van der Waals surface area contributed by atoms with Gasteiger partial charge in [-0.1, -0.05) is 32.0 Å². The molecule has 1 aromatic rings. The minimum atomic E-state index is -0.777. The highest BCUT2D eigenvalue weighted by Gasteiger charge is 2.30. The summed E-state index contributed by atoms with van der Waals surface area (Å²) in [5, 5.41) is 11.9. The molecule has 1 aromatic carbocycles. The van der Waals surface area contributed by atoms with Crippen LogP contribution in [0.1, 0.15) is 51.0 Å². The lowest BCUT2D eigenvalue weighted by Gasteiger charge is -2.17. The number of carboxylic acids is 1. The topological polar surface area (TPSA) is 75.6 Å². The lowest BCUT2D eigenvalue weighted by molar-refractivity contribution is -0.141. The first-order valence-corrected chi connectivity index (χ1v) is 8.25. The number of ether oxygens (including phenoxy) is 1. The van der Waals surface area contributed by atoms with Crippen molar-refractivity contribution in [2.75, 3.05) is 6.61 Å². The summed E-state index contributed by atoms with van der Waals surface area (Å²) in [6, 6.07) is 7.71. The van der Waals surface area contributed by atoms with Crippen molar-refractivity contribution in [2.45, 2.75) is 51.5 Å². The summed E-state index contributed by atoms with van der Waals surface area (Å²) in [7, 11) is 0. The summed E-state index contributed by atoms with van der Waals surface area (Å²) in [6.45, 7) is 4.21. The average Bonchev–Trinajstić information content (AvgIpc) is 3.01. The molecular formula is C18H25NO4. The van der Waals surface area contributed by atoms with E-state index in [1.165, 1.54) is 0 Å². The number of hydrogen-bond donors (Lipinski definition) is 2. The van der Waals surface area contributed by atoms with Crippen LogP contribution in [0.15, 0.2) is 24.3 Å². The van der Waals surface area contributed by atoms with Crippen LogP contribution in [-0.2, 0) is 9.59 Å². The number of benzene rings is 1. The molecule has 23 heavy (non-hydrogen) atoms. The average molecular weight is 319 g/mol. The predicted molar refractivity (Wildman–Crippen MR) is 87.6 cm³/mol. The molecule has 1 aliphatic carbocycles. The van der Waals surface area contributed by atoms with E-state index in [0.29, 0.717) is 25.2 Å². The molecule has 1 aliphatic rings. The molecule has 0 aromatic heterocycles. The summed E-state index contributed by atoms with van der Waals surface area (Å²) in [4.78, 5) is 23.0. The van der Waals surface area contributed by atoms with Gasteiger partial charge in [-0.15, -0.1) is 0 Å². The Hall–Kier alpha value is -2.04. The van der Waals surface area contributed by atoms with Crippen LogP contribution in [0.5, 0.6) is 5.75 Å². The molecule has 2 rings (SSSR count). The molecule has 1 fully saturated rings. The van der Waals surface area contributed by atoms with Crippen LogP contribution < -0.4 is 10.1 Å². The zero-order valence-electron chi connectivity index (χ0n) is 13.7. The highest BCUT2D eigenvalue weighted by atomic mass is 16.5. The first-order valence-electron chi connectivity index (χ1n) is 8.25. The Kier molecular flexibility index (Phi) is 6.02. The molecule has 1 amide bonds. The van der Waals surface area contributed by atoms with Gasteiger partial charge in [-0.3, -0.25) is 9.59 Å². The van der Waals surface area contributed by atoms with Crippen molar-refractivity contribution in [2.24, 2.45) is 5.92 Å². The smallest absolute Gasteiger partial charge is 0.306 e. The van der Waals surface area contributed by atoms with Gasteiger partial charge in [-0.05, 0) is 43.2 Å². The standard InChI is InChI=1S/C18H25NO4/c1-3-12(2)15-6-4-5-7-16(15)23-11-17(20)19-14-9-8-13(10-14)18(21)22/h4-7,12-14H,3,8-11H2,1-2H3,(H,19,20)(H,21,22)/t12?,13-,14+/m1/s1. The molecular weight excluding hydrogens is 294 g/mol. The molecule has 1 unspecified atom stereocenters. The Labute approximate surface area is 137 Å². The van der Waals surface area contributed by atoms with Gasteiger partial charge in [0.25, 0.3) is 5.91 Å². The van der Waals surface area contributed by atoms with E-state index in [0.717, 1.165) is 17.7 Å². The van der Waals surface area contributed by atoms with Gasteiger partial charge in [0.15, 0.2) is 6.61 Å². The van der Waals surface area contributed by atoms with Gasteiger partial charge in [0.2, 0.25) is 0 Å². The van der Waals surface area contributed by atoms with E-state index in [1.54, 1.807) is 0 Å². The Morgan fingerprint density at radius 2 is 2.09 bits per heavy atom. The molecule has 2 N–H and O–H groups in total. The maximum absolute atomic E-state index is 12.0. The number of para-hydroxylation sites is 1. The molecule has 0 saturated heterocycles.